The molecule has 3 aromatic heterocycles. The first-order valence-corrected chi connectivity index (χ1v) is 7.03. The smallest absolute Gasteiger partial charge is 0.159 e. The molecule has 6 heteroatoms. The Hall–Kier alpha value is -1.88. The summed E-state index contributed by atoms with van der Waals surface area (Å²) in [5, 5.41) is 4.44. The number of rotatable bonds is 3. The Bertz CT molecular complexity index is 744. The van der Waals surface area contributed by atoms with Crippen molar-refractivity contribution in [2.75, 3.05) is 0 Å². The second-order valence-electron chi connectivity index (χ2n) is 4.87. The van der Waals surface area contributed by atoms with Crippen LogP contribution in [0.25, 0.3) is 11.2 Å². The van der Waals surface area contributed by atoms with Crippen LogP contribution >= 0.6 is 11.6 Å². The second kappa shape index (κ2) is 4.90. The van der Waals surface area contributed by atoms with Crippen molar-refractivity contribution in [1.82, 2.24) is 24.3 Å². The van der Waals surface area contributed by atoms with Crippen molar-refractivity contribution >= 4 is 22.8 Å². The fourth-order valence-corrected chi connectivity index (χ4v) is 2.82. The maximum absolute atomic E-state index is 6.07. The first-order valence-electron chi connectivity index (χ1n) is 6.49. The van der Waals surface area contributed by atoms with Gasteiger partial charge in [-0.15, -0.1) is 11.6 Å². The Morgan fingerprint density at radius 2 is 2.00 bits per heavy atom. The first-order chi connectivity index (χ1) is 9.63. The van der Waals surface area contributed by atoms with E-state index in [-0.39, 0.29) is 6.04 Å². The van der Waals surface area contributed by atoms with Gasteiger partial charge in [0.1, 0.15) is 11.3 Å². The molecule has 20 heavy (non-hydrogen) atoms. The zero-order valence-corrected chi connectivity index (χ0v) is 12.5. The van der Waals surface area contributed by atoms with E-state index >= 15 is 0 Å². The van der Waals surface area contributed by atoms with Gasteiger partial charge in [-0.1, -0.05) is 0 Å². The molecular formula is C14H16ClN5. The molecule has 0 aliphatic carbocycles. The summed E-state index contributed by atoms with van der Waals surface area (Å²) in [6.45, 7) is 4.10. The molecule has 1 atom stereocenters. The third-order valence-corrected chi connectivity index (χ3v) is 3.84. The van der Waals surface area contributed by atoms with Gasteiger partial charge in [-0.05, 0) is 31.5 Å². The molecule has 0 fully saturated rings. The average molecular weight is 290 g/mol. The standard InChI is InChI=1S/C14H16ClN5/c1-9-13-14(19(3)18-9)20(12(8-15)17-13)10(2)11-4-6-16-7-5-11/h4-7,10H,8H2,1-3H3. The van der Waals surface area contributed by atoms with Crippen LogP contribution in [0.5, 0.6) is 0 Å². The van der Waals surface area contributed by atoms with E-state index in [4.69, 9.17) is 11.6 Å². The molecule has 3 rings (SSSR count). The number of aryl methyl sites for hydroxylation is 2. The molecule has 0 radical (unpaired) electrons. The van der Waals surface area contributed by atoms with Crippen LogP contribution in [0.4, 0.5) is 0 Å². The van der Waals surface area contributed by atoms with E-state index in [0.717, 1.165) is 22.7 Å². The third-order valence-electron chi connectivity index (χ3n) is 3.60. The Balaban J connectivity index is 2.24. The largest absolute Gasteiger partial charge is 0.305 e. The van der Waals surface area contributed by atoms with Crippen LogP contribution in [-0.2, 0) is 12.9 Å². The molecule has 3 heterocycles. The summed E-state index contributed by atoms with van der Waals surface area (Å²) in [6.07, 6.45) is 3.60. The number of imidazole rings is 1. The normalized spacial score (nSPS) is 13.0. The van der Waals surface area contributed by atoms with Gasteiger partial charge in [-0.3, -0.25) is 9.67 Å². The van der Waals surface area contributed by atoms with Crippen molar-refractivity contribution in [2.45, 2.75) is 25.8 Å². The minimum absolute atomic E-state index is 0.131. The molecule has 5 nitrogen and oxygen atoms in total. The monoisotopic (exact) mass is 289 g/mol. The number of halogens is 1. The Labute approximate surface area is 122 Å². The summed E-state index contributed by atoms with van der Waals surface area (Å²) in [4.78, 5) is 8.70. The third kappa shape index (κ3) is 1.89. The van der Waals surface area contributed by atoms with E-state index in [9.17, 15) is 0 Å². The molecule has 0 spiro atoms. The highest BCUT2D eigenvalue weighted by Gasteiger charge is 2.21. The van der Waals surface area contributed by atoms with Gasteiger partial charge in [0.05, 0.1) is 17.6 Å². The van der Waals surface area contributed by atoms with Crippen LogP contribution in [0.1, 0.15) is 30.0 Å². The van der Waals surface area contributed by atoms with Crippen LogP contribution in [0, 0.1) is 6.92 Å². The Kier molecular flexibility index (Phi) is 3.22. The van der Waals surface area contributed by atoms with Crippen LogP contribution in [-0.4, -0.2) is 24.3 Å². The number of hydrogen-bond acceptors (Lipinski definition) is 3. The lowest BCUT2D eigenvalue weighted by atomic mass is 10.1. The molecule has 3 aromatic rings. The minimum atomic E-state index is 0.131. The van der Waals surface area contributed by atoms with E-state index < -0.39 is 0 Å². The van der Waals surface area contributed by atoms with Crippen LogP contribution in [0.3, 0.4) is 0 Å². The highest BCUT2D eigenvalue weighted by molar-refractivity contribution is 6.16. The van der Waals surface area contributed by atoms with Gasteiger partial charge in [0, 0.05) is 19.4 Å². The summed E-state index contributed by atoms with van der Waals surface area (Å²) < 4.78 is 4.02. The second-order valence-corrected chi connectivity index (χ2v) is 5.14. The number of pyridine rings is 1. The predicted octanol–water partition coefficient (Wildman–Crippen LogP) is 2.82. The molecule has 0 aromatic carbocycles. The maximum atomic E-state index is 6.07. The number of alkyl halides is 1. The highest BCUT2D eigenvalue weighted by atomic mass is 35.5. The molecule has 0 amide bonds. The van der Waals surface area contributed by atoms with Crippen LogP contribution < -0.4 is 0 Å². The summed E-state index contributed by atoms with van der Waals surface area (Å²) in [5.74, 6) is 1.24. The highest BCUT2D eigenvalue weighted by Crippen LogP contribution is 2.27. The van der Waals surface area contributed by atoms with E-state index in [1.165, 1.54) is 5.56 Å². The number of nitrogens with zero attached hydrogens (tertiary/aromatic N) is 5. The van der Waals surface area contributed by atoms with Crippen molar-refractivity contribution in [3.63, 3.8) is 0 Å². The van der Waals surface area contributed by atoms with Gasteiger partial charge in [0.15, 0.2) is 5.65 Å². The molecule has 0 saturated heterocycles. The van der Waals surface area contributed by atoms with Gasteiger partial charge in [0.25, 0.3) is 0 Å². The zero-order valence-electron chi connectivity index (χ0n) is 11.7. The molecule has 0 saturated carbocycles. The quantitative estimate of drug-likeness (QED) is 0.697. The molecule has 0 N–H and O–H groups in total. The molecular weight excluding hydrogens is 274 g/mol. The van der Waals surface area contributed by atoms with E-state index in [1.807, 2.05) is 30.8 Å². The molecule has 0 aliphatic rings. The summed E-state index contributed by atoms with van der Waals surface area (Å²) >= 11 is 6.07. The molecule has 0 bridgehead atoms. The molecule has 1 unspecified atom stereocenters. The summed E-state index contributed by atoms with van der Waals surface area (Å²) in [7, 11) is 1.94. The summed E-state index contributed by atoms with van der Waals surface area (Å²) in [5.41, 5.74) is 4.02. The van der Waals surface area contributed by atoms with Gasteiger partial charge in [-0.25, -0.2) is 4.98 Å². The van der Waals surface area contributed by atoms with Crippen molar-refractivity contribution in [3.05, 3.63) is 41.6 Å². The fraction of sp³-hybridized carbons (Fsp3) is 0.357. The lowest BCUT2D eigenvalue weighted by molar-refractivity contribution is 0.607. The number of hydrogen-bond donors (Lipinski definition) is 0. The topological polar surface area (TPSA) is 48.5 Å². The van der Waals surface area contributed by atoms with E-state index in [2.05, 4.69) is 26.6 Å². The maximum Gasteiger partial charge on any atom is 0.159 e. The van der Waals surface area contributed by atoms with Crippen molar-refractivity contribution < 1.29 is 0 Å². The predicted molar refractivity (Wildman–Crippen MR) is 78.8 cm³/mol. The first kappa shape index (κ1) is 13.1. The average Bonchev–Trinajstić information content (AvgIpc) is 2.98. The van der Waals surface area contributed by atoms with Gasteiger partial charge >= 0.3 is 0 Å². The minimum Gasteiger partial charge on any atom is -0.305 e. The van der Waals surface area contributed by atoms with Crippen LogP contribution in [0.2, 0.25) is 0 Å². The molecule has 0 aliphatic heterocycles. The van der Waals surface area contributed by atoms with Crippen molar-refractivity contribution in [3.8, 4) is 0 Å². The zero-order chi connectivity index (χ0) is 14.3. The van der Waals surface area contributed by atoms with Gasteiger partial charge in [0.2, 0.25) is 0 Å². The fourth-order valence-electron chi connectivity index (χ4n) is 2.63. The van der Waals surface area contributed by atoms with Gasteiger partial charge < -0.3 is 4.57 Å². The van der Waals surface area contributed by atoms with E-state index in [0.29, 0.717) is 5.88 Å². The van der Waals surface area contributed by atoms with E-state index in [1.54, 1.807) is 12.4 Å². The molecule has 104 valence electrons. The van der Waals surface area contributed by atoms with Gasteiger partial charge in [-0.2, -0.15) is 5.10 Å². The lowest BCUT2D eigenvalue weighted by Gasteiger charge is -2.17. The summed E-state index contributed by atoms with van der Waals surface area (Å²) in [6, 6.07) is 4.15. The van der Waals surface area contributed by atoms with Crippen molar-refractivity contribution in [1.29, 1.82) is 0 Å². The van der Waals surface area contributed by atoms with Crippen molar-refractivity contribution in [2.24, 2.45) is 7.05 Å². The Morgan fingerprint density at radius 1 is 1.30 bits per heavy atom. The number of aromatic nitrogens is 5. The lowest BCUT2D eigenvalue weighted by Crippen LogP contribution is -2.12. The number of fused-ring (bicyclic) bond motifs is 1. The Morgan fingerprint density at radius 3 is 2.65 bits per heavy atom. The van der Waals surface area contributed by atoms with Crippen LogP contribution in [0.15, 0.2) is 24.5 Å². The SMILES string of the molecule is Cc1nn(C)c2c1nc(CCl)n2C(C)c1ccncc1.